The minimum Gasteiger partial charge on any atom is -0.384 e. The Bertz CT molecular complexity index is 475. The number of hydrogen-bond acceptors (Lipinski definition) is 3. The van der Waals surface area contributed by atoms with E-state index in [9.17, 15) is 0 Å². The fraction of sp³-hybridized carbons (Fsp3) is 0.750. The maximum absolute atomic E-state index is 8.95. The average Bonchev–Trinajstić information content (AvgIpc) is 2.99. The van der Waals surface area contributed by atoms with Crippen molar-refractivity contribution in [1.82, 2.24) is 4.90 Å². The molecule has 3 aliphatic heterocycles. The number of aliphatic hydroxyl groups excluding tert-OH is 1. The molecule has 3 fully saturated rings. The summed E-state index contributed by atoms with van der Waals surface area (Å²) in [4.78, 5) is 2.66. The summed E-state index contributed by atoms with van der Waals surface area (Å²) in [6.07, 6.45) is 8.56. The molecule has 0 saturated carbocycles. The van der Waals surface area contributed by atoms with E-state index in [4.69, 9.17) is 9.84 Å². The summed E-state index contributed by atoms with van der Waals surface area (Å²) in [5.74, 6) is 6.51. The van der Waals surface area contributed by atoms with Gasteiger partial charge in [-0.25, -0.2) is 0 Å². The molecule has 0 aromatic heterocycles. The highest BCUT2D eigenvalue weighted by atomic mass is 16.5. The third-order valence-electron chi connectivity index (χ3n) is 5.49. The van der Waals surface area contributed by atoms with Crippen LogP contribution in [0.3, 0.4) is 0 Å². The molecule has 1 spiro atoms. The van der Waals surface area contributed by atoms with Gasteiger partial charge in [0.25, 0.3) is 0 Å². The lowest BCUT2D eigenvalue weighted by Crippen LogP contribution is -2.50. The van der Waals surface area contributed by atoms with Crippen molar-refractivity contribution in [3.05, 3.63) is 11.6 Å². The van der Waals surface area contributed by atoms with Gasteiger partial charge in [0.05, 0.1) is 5.60 Å². The molecule has 0 aromatic rings. The van der Waals surface area contributed by atoms with Crippen LogP contribution >= 0.6 is 0 Å². The van der Waals surface area contributed by atoms with Crippen molar-refractivity contribution >= 4 is 0 Å². The van der Waals surface area contributed by atoms with Crippen LogP contribution < -0.4 is 0 Å². The molecule has 2 bridgehead atoms. The third-order valence-corrected chi connectivity index (χ3v) is 5.49. The lowest BCUT2D eigenvalue weighted by atomic mass is 9.72. The van der Waals surface area contributed by atoms with Gasteiger partial charge in [0.15, 0.2) is 0 Å². The fourth-order valence-corrected chi connectivity index (χ4v) is 4.86. The van der Waals surface area contributed by atoms with Crippen molar-refractivity contribution in [2.45, 2.75) is 49.8 Å². The molecule has 3 heterocycles. The first-order valence-electron chi connectivity index (χ1n) is 7.56. The van der Waals surface area contributed by atoms with Crippen LogP contribution in [0, 0.1) is 17.8 Å². The topological polar surface area (TPSA) is 32.7 Å². The van der Waals surface area contributed by atoms with Gasteiger partial charge in [0, 0.05) is 30.2 Å². The van der Waals surface area contributed by atoms with Crippen LogP contribution in [0.5, 0.6) is 0 Å². The Morgan fingerprint density at radius 2 is 2.37 bits per heavy atom. The van der Waals surface area contributed by atoms with Gasteiger partial charge in [0.2, 0.25) is 0 Å². The quantitative estimate of drug-likeness (QED) is 0.666. The van der Waals surface area contributed by atoms with Crippen LogP contribution in [0.1, 0.15) is 32.1 Å². The van der Waals surface area contributed by atoms with E-state index < -0.39 is 0 Å². The second kappa shape index (κ2) is 4.34. The Balaban J connectivity index is 1.76. The second-order valence-electron chi connectivity index (χ2n) is 6.25. The van der Waals surface area contributed by atoms with Crippen molar-refractivity contribution < 1.29 is 9.84 Å². The zero-order chi connectivity index (χ0) is 12.9. The summed E-state index contributed by atoms with van der Waals surface area (Å²) < 4.78 is 6.30. The van der Waals surface area contributed by atoms with E-state index in [0.29, 0.717) is 18.0 Å². The van der Waals surface area contributed by atoms with Gasteiger partial charge in [-0.15, -0.1) is 0 Å². The SMILES string of the molecule is OCC#CC1=CC2CC3(OCCC13)C1CCCCN21. The van der Waals surface area contributed by atoms with E-state index >= 15 is 0 Å². The summed E-state index contributed by atoms with van der Waals surface area (Å²) in [5.41, 5.74) is 1.27. The molecule has 3 saturated heterocycles. The molecular formula is C16H21NO2. The van der Waals surface area contributed by atoms with Crippen LogP contribution in [0.2, 0.25) is 0 Å². The minimum atomic E-state index is -0.0459. The van der Waals surface area contributed by atoms with Crippen LogP contribution in [-0.4, -0.2) is 47.4 Å². The van der Waals surface area contributed by atoms with E-state index in [1.165, 1.54) is 31.4 Å². The molecule has 3 heteroatoms. The van der Waals surface area contributed by atoms with E-state index in [-0.39, 0.29) is 12.2 Å². The average molecular weight is 259 g/mol. The predicted octanol–water partition coefficient (Wildman–Crippen LogP) is 1.32. The number of nitrogens with zero attached hydrogens (tertiary/aromatic N) is 1. The first kappa shape index (κ1) is 12.0. The van der Waals surface area contributed by atoms with E-state index in [1.807, 2.05) is 0 Å². The fourth-order valence-electron chi connectivity index (χ4n) is 4.86. The number of hydrogen-bond donors (Lipinski definition) is 1. The molecule has 102 valence electrons. The molecule has 0 amide bonds. The molecule has 3 nitrogen and oxygen atoms in total. The van der Waals surface area contributed by atoms with Gasteiger partial charge in [-0.3, -0.25) is 4.90 Å². The Kier molecular flexibility index (Phi) is 2.73. The Hall–Kier alpha value is -0.820. The number of aliphatic hydroxyl groups is 1. The third kappa shape index (κ3) is 1.57. The number of piperidine rings is 1. The van der Waals surface area contributed by atoms with Gasteiger partial charge < -0.3 is 9.84 Å². The number of rotatable bonds is 0. The zero-order valence-corrected chi connectivity index (χ0v) is 11.3. The van der Waals surface area contributed by atoms with Gasteiger partial charge >= 0.3 is 0 Å². The Labute approximate surface area is 114 Å². The highest BCUT2D eigenvalue weighted by Crippen LogP contribution is 2.55. The van der Waals surface area contributed by atoms with Crippen LogP contribution in [0.25, 0.3) is 0 Å². The summed E-state index contributed by atoms with van der Waals surface area (Å²) in [5, 5.41) is 8.95. The van der Waals surface area contributed by atoms with Gasteiger partial charge in [0.1, 0.15) is 6.61 Å². The standard InChI is InChI=1S/C16H21NO2/c18-8-3-4-12-10-13-11-16(14(12)6-9-19-16)15-5-1-2-7-17(13)15/h10,13-15,18H,1-2,5-9,11H2. The van der Waals surface area contributed by atoms with Gasteiger partial charge in [-0.2, -0.15) is 0 Å². The molecule has 4 aliphatic rings. The monoisotopic (exact) mass is 259 g/mol. The van der Waals surface area contributed by atoms with Gasteiger partial charge in [-0.05, 0) is 32.2 Å². The van der Waals surface area contributed by atoms with E-state index in [1.54, 1.807) is 0 Å². The van der Waals surface area contributed by atoms with Crippen molar-refractivity contribution in [3.63, 3.8) is 0 Å². The van der Waals surface area contributed by atoms with Crippen molar-refractivity contribution in [1.29, 1.82) is 0 Å². The summed E-state index contributed by atoms with van der Waals surface area (Å²) >= 11 is 0. The molecule has 1 N–H and O–H groups in total. The van der Waals surface area contributed by atoms with Crippen molar-refractivity contribution in [2.75, 3.05) is 19.8 Å². The summed E-state index contributed by atoms with van der Waals surface area (Å²) in [6.45, 7) is 2.04. The second-order valence-corrected chi connectivity index (χ2v) is 6.25. The van der Waals surface area contributed by atoms with Crippen LogP contribution in [0.15, 0.2) is 11.6 Å². The number of ether oxygens (including phenoxy) is 1. The van der Waals surface area contributed by atoms with Crippen LogP contribution in [0.4, 0.5) is 0 Å². The Morgan fingerprint density at radius 1 is 1.42 bits per heavy atom. The maximum Gasteiger partial charge on any atom is 0.104 e. The van der Waals surface area contributed by atoms with Crippen molar-refractivity contribution in [2.24, 2.45) is 5.92 Å². The smallest absolute Gasteiger partial charge is 0.104 e. The molecule has 4 atom stereocenters. The van der Waals surface area contributed by atoms with E-state index in [0.717, 1.165) is 19.4 Å². The lowest BCUT2D eigenvalue weighted by Gasteiger charge is -2.40. The largest absolute Gasteiger partial charge is 0.384 e. The Morgan fingerprint density at radius 3 is 3.26 bits per heavy atom. The molecule has 0 radical (unpaired) electrons. The summed E-state index contributed by atoms with van der Waals surface area (Å²) in [7, 11) is 0. The zero-order valence-electron chi connectivity index (χ0n) is 11.3. The molecule has 4 unspecified atom stereocenters. The normalized spacial score (nSPS) is 44.1. The number of fused-ring (bicyclic) bond motifs is 3. The van der Waals surface area contributed by atoms with Crippen molar-refractivity contribution in [3.8, 4) is 11.8 Å². The molecule has 19 heavy (non-hydrogen) atoms. The minimum absolute atomic E-state index is 0.0410. The highest BCUT2D eigenvalue weighted by Gasteiger charge is 2.61. The summed E-state index contributed by atoms with van der Waals surface area (Å²) in [6, 6.07) is 1.12. The molecule has 4 rings (SSSR count). The molecule has 0 aromatic carbocycles. The van der Waals surface area contributed by atoms with Gasteiger partial charge in [-0.1, -0.05) is 24.3 Å². The van der Waals surface area contributed by atoms with Crippen LogP contribution in [-0.2, 0) is 4.74 Å². The molecular weight excluding hydrogens is 238 g/mol. The lowest BCUT2D eigenvalue weighted by molar-refractivity contribution is -0.0485. The molecule has 1 aliphatic carbocycles. The maximum atomic E-state index is 8.95. The highest BCUT2D eigenvalue weighted by molar-refractivity contribution is 5.41. The predicted molar refractivity (Wildman–Crippen MR) is 72.5 cm³/mol. The van der Waals surface area contributed by atoms with E-state index in [2.05, 4.69) is 22.8 Å². The first-order valence-corrected chi connectivity index (χ1v) is 7.56. The first-order chi connectivity index (χ1) is 9.35.